The minimum Gasteiger partial charge on any atom is -0.462 e. The molecule has 19 heavy (non-hydrogen) atoms. The lowest BCUT2D eigenvalue weighted by Gasteiger charge is -2.24. The van der Waals surface area contributed by atoms with Crippen molar-refractivity contribution < 1.29 is 14.3 Å². The number of hydrogen-bond acceptors (Lipinski definition) is 7. The van der Waals surface area contributed by atoms with Gasteiger partial charge in [0.25, 0.3) is 0 Å². The highest BCUT2D eigenvalue weighted by molar-refractivity contribution is 5.72. The molecule has 8 heteroatoms. The highest BCUT2D eigenvalue weighted by Crippen LogP contribution is 2.16. The normalized spacial score (nSPS) is 16.2. The van der Waals surface area contributed by atoms with Crippen molar-refractivity contribution in [3.63, 3.8) is 0 Å². The number of H-pyrrole nitrogens is 1. The van der Waals surface area contributed by atoms with Gasteiger partial charge < -0.3 is 9.47 Å². The Morgan fingerprint density at radius 3 is 3.16 bits per heavy atom. The lowest BCUT2D eigenvalue weighted by Crippen LogP contribution is -2.35. The van der Waals surface area contributed by atoms with Crippen LogP contribution in [-0.2, 0) is 14.3 Å². The summed E-state index contributed by atoms with van der Waals surface area (Å²) in [6.45, 7) is 2.41. The van der Waals surface area contributed by atoms with Crippen molar-refractivity contribution in [1.29, 1.82) is 0 Å². The molecule has 8 nitrogen and oxygen atoms in total. The second-order valence-electron chi connectivity index (χ2n) is 4.18. The van der Waals surface area contributed by atoms with Crippen LogP contribution in [0.25, 0.3) is 5.57 Å². The molecule has 1 aromatic heterocycles. The van der Waals surface area contributed by atoms with Crippen LogP contribution in [0, 0.1) is 0 Å². The molecule has 0 unspecified atom stereocenters. The number of aromatic nitrogens is 4. The summed E-state index contributed by atoms with van der Waals surface area (Å²) in [4.78, 5) is 13.6. The molecule has 0 saturated heterocycles. The van der Waals surface area contributed by atoms with Crippen molar-refractivity contribution in [2.45, 2.75) is 6.42 Å². The van der Waals surface area contributed by atoms with E-state index in [2.05, 4.69) is 26.7 Å². The fourth-order valence-electron chi connectivity index (χ4n) is 1.87. The van der Waals surface area contributed by atoms with Gasteiger partial charge in [-0.2, -0.15) is 5.21 Å². The van der Waals surface area contributed by atoms with E-state index < -0.39 is 0 Å². The van der Waals surface area contributed by atoms with Gasteiger partial charge in [-0.15, -0.1) is 10.2 Å². The molecule has 1 aliphatic rings. The predicted molar refractivity (Wildman–Crippen MR) is 66.0 cm³/mol. The Morgan fingerprint density at radius 1 is 1.53 bits per heavy atom. The third kappa shape index (κ3) is 4.11. The number of aromatic amines is 1. The molecule has 0 fully saturated rings. The van der Waals surface area contributed by atoms with Crippen molar-refractivity contribution in [3.05, 3.63) is 11.9 Å². The predicted octanol–water partition coefficient (Wildman–Crippen LogP) is -0.522. The molecule has 2 heterocycles. The Labute approximate surface area is 110 Å². The smallest absolute Gasteiger partial charge is 0.320 e. The maximum Gasteiger partial charge on any atom is 0.320 e. The summed E-state index contributed by atoms with van der Waals surface area (Å²) < 4.78 is 9.86. The standard InChI is InChI=1S/C11H17N5O3/c1-18-5-6-19-10(17)8-16-4-2-3-9(7-16)11-12-14-15-13-11/h3H,2,4-8H2,1H3,(H,12,13,14,15). The van der Waals surface area contributed by atoms with Crippen LogP contribution in [0.2, 0.25) is 0 Å². The second kappa shape index (κ2) is 6.95. The molecular formula is C11H17N5O3. The molecule has 0 aromatic carbocycles. The van der Waals surface area contributed by atoms with Crippen LogP contribution in [0.3, 0.4) is 0 Å². The van der Waals surface area contributed by atoms with Gasteiger partial charge in [-0.25, -0.2) is 0 Å². The minimum absolute atomic E-state index is 0.244. The van der Waals surface area contributed by atoms with Gasteiger partial charge in [0.1, 0.15) is 6.61 Å². The van der Waals surface area contributed by atoms with Crippen molar-refractivity contribution in [1.82, 2.24) is 25.5 Å². The number of tetrazole rings is 1. The molecule has 0 spiro atoms. The maximum atomic E-state index is 11.6. The lowest BCUT2D eigenvalue weighted by molar-refractivity contribution is -0.146. The number of esters is 1. The fourth-order valence-corrected chi connectivity index (χ4v) is 1.87. The van der Waals surface area contributed by atoms with E-state index in [-0.39, 0.29) is 19.1 Å². The van der Waals surface area contributed by atoms with Crippen molar-refractivity contribution in [2.24, 2.45) is 0 Å². The van der Waals surface area contributed by atoms with Gasteiger partial charge in [-0.3, -0.25) is 9.69 Å². The molecule has 104 valence electrons. The van der Waals surface area contributed by atoms with Gasteiger partial charge in [0.05, 0.1) is 13.2 Å². The summed E-state index contributed by atoms with van der Waals surface area (Å²) in [6, 6.07) is 0. The van der Waals surface area contributed by atoms with Gasteiger partial charge in [0, 0.05) is 25.8 Å². The third-order valence-electron chi connectivity index (χ3n) is 2.77. The number of nitrogens with zero attached hydrogens (tertiary/aromatic N) is 4. The van der Waals surface area contributed by atoms with E-state index in [1.807, 2.05) is 4.90 Å². The zero-order chi connectivity index (χ0) is 13.5. The zero-order valence-corrected chi connectivity index (χ0v) is 10.8. The van der Waals surface area contributed by atoms with E-state index in [4.69, 9.17) is 9.47 Å². The van der Waals surface area contributed by atoms with E-state index in [1.165, 1.54) is 0 Å². The Morgan fingerprint density at radius 2 is 2.42 bits per heavy atom. The first kappa shape index (κ1) is 13.6. The average Bonchev–Trinajstić information content (AvgIpc) is 2.93. The molecule has 0 radical (unpaired) electrons. The molecule has 1 aromatic rings. The second-order valence-corrected chi connectivity index (χ2v) is 4.18. The first-order valence-corrected chi connectivity index (χ1v) is 6.09. The number of carbonyl (C=O) groups is 1. The maximum absolute atomic E-state index is 11.6. The van der Waals surface area contributed by atoms with E-state index in [9.17, 15) is 4.79 Å². The number of hydrogen-bond donors (Lipinski definition) is 1. The van der Waals surface area contributed by atoms with Crippen LogP contribution in [0.4, 0.5) is 0 Å². The summed E-state index contributed by atoms with van der Waals surface area (Å²) >= 11 is 0. The molecule has 0 aliphatic carbocycles. The number of ether oxygens (including phenoxy) is 2. The van der Waals surface area contributed by atoms with Crippen molar-refractivity contribution in [2.75, 3.05) is 40.0 Å². The molecule has 0 saturated carbocycles. The summed E-state index contributed by atoms with van der Waals surface area (Å²) in [7, 11) is 1.57. The molecule has 1 N–H and O–H groups in total. The molecule has 2 rings (SSSR count). The molecule has 0 atom stereocenters. The van der Waals surface area contributed by atoms with Crippen LogP contribution < -0.4 is 0 Å². The summed E-state index contributed by atoms with van der Waals surface area (Å²) in [6.07, 6.45) is 2.92. The van der Waals surface area contributed by atoms with E-state index in [0.717, 1.165) is 18.5 Å². The number of methoxy groups -OCH3 is 1. The number of rotatable bonds is 6. The van der Waals surface area contributed by atoms with Crippen molar-refractivity contribution >= 4 is 11.5 Å². The zero-order valence-electron chi connectivity index (χ0n) is 10.8. The lowest BCUT2D eigenvalue weighted by atomic mass is 10.1. The molecule has 1 aliphatic heterocycles. The van der Waals surface area contributed by atoms with Gasteiger partial charge in [0.2, 0.25) is 5.82 Å². The third-order valence-corrected chi connectivity index (χ3v) is 2.77. The SMILES string of the molecule is COCCOC(=O)CN1CCC=C(c2nn[nH]n2)C1. The average molecular weight is 267 g/mol. The van der Waals surface area contributed by atoms with E-state index >= 15 is 0 Å². The Balaban J connectivity index is 1.80. The molecule has 0 amide bonds. The largest absolute Gasteiger partial charge is 0.462 e. The van der Waals surface area contributed by atoms with E-state index in [0.29, 0.717) is 19.0 Å². The minimum atomic E-state index is -0.244. The highest BCUT2D eigenvalue weighted by atomic mass is 16.6. The first-order valence-electron chi connectivity index (χ1n) is 6.09. The highest BCUT2D eigenvalue weighted by Gasteiger charge is 2.19. The number of nitrogens with one attached hydrogen (secondary N) is 1. The summed E-state index contributed by atoms with van der Waals surface area (Å²) in [5.74, 6) is 0.337. The van der Waals surface area contributed by atoms with Crippen LogP contribution in [0.5, 0.6) is 0 Å². The van der Waals surface area contributed by atoms with Gasteiger partial charge >= 0.3 is 5.97 Å². The Kier molecular flexibility index (Phi) is 4.99. The van der Waals surface area contributed by atoms with Gasteiger partial charge in [0.15, 0.2) is 0 Å². The van der Waals surface area contributed by atoms with Gasteiger partial charge in [-0.05, 0) is 11.6 Å². The number of carbonyl (C=O) groups excluding carboxylic acids is 1. The molecular weight excluding hydrogens is 250 g/mol. The molecule has 0 bridgehead atoms. The Bertz CT molecular complexity index is 432. The monoisotopic (exact) mass is 267 g/mol. The van der Waals surface area contributed by atoms with Gasteiger partial charge in [-0.1, -0.05) is 6.08 Å². The van der Waals surface area contributed by atoms with Crippen LogP contribution in [-0.4, -0.2) is 71.5 Å². The Hall–Kier alpha value is -1.80. The van der Waals surface area contributed by atoms with Crippen LogP contribution in [0.15, 0.2) is 6.08 Å². The van der Waals surface area contributed by atoms with E-state index in [1.54, 1.807) is 7.11 Å². The van der Waals surface area contributed by atoms with Crippen LogP contribution >= 0.6 is 0 Å². The fraction of sp³-hybridized carbons (Fsp3) is 0.636. The van der Waals surface area contributed by atoms with Crippen molar-refractivity contribution in [3.8, 4) is 0 Å². The van der Waals surface area contributed by atoms with Crippen LogP contribution in [0.1, 0.15) is 12.2 Å². The summed E-state index contributed by atoms with van der Waals surface area (Å²) in [5, 5.41) is 13.8. The summed E-state index contributed by atoms with van der Waals surface area (Å²) in [5.41, 5.74) is 0.977. The topological polar surface area (TPSA) is 93.2 Å². The first-order chi connectivity index (χ1) is 9.29. The quantitative estimate of drug-likeness (QED) is 0.547.